The van der Waals surface area contributed by atoms with Crippen LogP contribution in [0.2, 0.25) is 0 Å². The van der Waals surface area contributed by atoms with E-state index in [0.717, 1.165) is 19.2 Å². The molecule has 0 aliphatic carbocycles. The van der Waals surface area contributed by atoms with Crippen LogP contribution in [0.3, 0.4) is 0 Å². The summed E-state index contributed by atoms with van der Waals surface area (Å²) in [5, 5.41) is 4.89. The summed E-state index contributed by atoms with van der Waals surface area (Å²) in [6.45, 7) is 0. The number of primary sulfonamides is 1. The quantitative estimate of drug-likeness (QED) is 0.826. The number of hydrogen-bond donors (Lipinski definition) is 1. The van der Waals surface area contributed by atoms with Crippen molar-refractivity contribution in [2.75, 3.05) is 7.11 Å². The molecule has 1 aromatic carbocycles. The first-order chi connectivity index (χ1) is 7.27. The van der Waals surface area contributed by atoms with Crippen molar-refractivity contribution < 1.29 is 22.3 Å². The smallest absolute Gasteiger partial charge is 0.340 e. The Morgan fingerprint density at radius 3 is 2.50 bits per heavy atom. The minimum absolute atomic E-state index is 0.0554. The third-order valence-electron chi connectivity index (χ3n) is 1.73. The van der Waals surface area contributed by atoms with E-state index < -0.39 is 27.4 Å². The number of nitrogens with two attached hydrogens (primary N) is 1. The van der Waals surface area contributed by atoms with Crippen molar-refractivity contribution in [1.29, 1.82) is 0 Å². The summed E-state index contributed by atoms with van der Waals surface area (Å²) in [6.07, 6.45) is 0. The van der Waals surface area contributed by atoms with E-state index in [1.165, 1.54) is 0 Å². The fraction of sp³-hybridized carbons (Fsp3) is 0.125. The molecule has 8 heteroatoms. The monoisotopic (exact) mass is 311 g/mol. The Bertz CT molecular complexity index is 543. The lowest BCUT2D eigenvalue weighted by atomic mass is 10.2. The van der Waals surface area contributed by atoms with Crippen molar-refractivity contribution in [3.8, 4) is 0 Å². The van der Waals surface area contributed by atoms with E-state index in [9.17, 15) is 17.6 Å². The van der Waals surface area contributed by atoms with Gasteiger partial charge in [0.2, 0.25) is 10.0 Å². The number of esters is 1. The SMILES string of the molecule is COC(=O)c1cc(S(N)(=O)=O)c(Br)cc1F. The van der Waals surface area contributed by atoms with Gasteiger partial charge in [-0.15, -0.1) is 0 Å². The Morgan fingerprint density at radius 1 is 1.50 bits per heavy atom. The Hall–Kier alpha value is -0.990. The largest absolute Gasteiger partial charge is 0.465 e. The number of halogens is 2. The minimum Gasteiger partial charge on any atom is -0.465 e. The number of carbonyl (C=O) groups excluding carboxylic acids is 1. The van der Waals surface area contributed by atoms with E-state index in [0.29, 0.717) is 0 Å². The number of ether oxygens (including phenoxy) is 1. The lowest BCUT2D eigenvalue weighted by Crippen LogP contribution is -2.15. The molecule has 88 valence electrons. The van der Waals surface area contributed by atoms with E-state index in [2.05, 4.69) is 20.7 Å². The van der Waals surface area contributed by atoms with Gasteiger partial charge in [-0.2, -0.15) is 0 Å². The number of sulfonamides is 1. The molecule has 0 radical (unpaired) electrons. The van der Waals surface area contributed by atoms with Crippen LogP contribution in [0.15, 0.2) is 21.5 Å². The molecular weight excluding hydrogens is 305 g/mol. The number of methoxy groups -OCH3 is 1. The van der Waals surface area contributed by atoms with Crippen LogP contribution in [0.4, 0.5) is 4.39 Å². The summed E-state index contributed by atoms with van der Waals surface area (Å²) in [5.41, 5.74) is -0.491. The molecule has 2 N–H and O–H groups in total. The van der Waals surface area contributed by atoms with Gasteiger partial charge in [0.15, 0.2) is 0 Å². The fourth-order valence-corrected chi connectivity index (χ4v) is 2.62. The summed E-state index contributed by atoms with van der Waals surface area (Å²) >= 11 is 2.84. The standard InChI is InChI=1S/C8H7BrFNO4S/c1-15-8(12)4-2-7(16(11,13)14)5(9)3-6(4)10/h2-3H,1H3,(H2,11,13,14). The van der Waals surface area contributed by atoms with Gasteiger partial charge in [0.1, 0.15) is 5.82 Å². The molecule has 0 amide bonds. The highest BCUT2D eigenvalue weighted by Gasteiger charge is 2.20. The summed E-state index contributed by atoms with van der Waals surface area (Å²) in [6, 6.07) is 1.66. The van der Waals surface area contributed by atoms with Crippen molar-refractivity contribution in [3.05, 3.63) is 28.0 Å². The average molecular weight is 312 g/mol. The van der Waals surface area contributed by atoms with Gasteiger partial charge in [-0.25, -0.2) is 22.7 Å². The maximum absolute atomic E-state index is 13.3. The Morgan fingerprint density at radius 2 is 2.06 bits per heavy atom. The highest BCUT2D eigenvalue weighted by atomic mass is 79.9. The highest BCUT2D eigenvalue weighted by molar-refractivity contribution is 9.10. The van der Waals surface area contributed by atoms with Crippen LogP contribution in [-0.2, 0) is 14.8 Å². The van der Waals surface area contributed by atoms with Crippen molar-refractivity contribution in [3.63, 3.8) is 0 Å². The number of rotatable bonds is 2. The second-order valence-electron chi connectivity index (χ2n) is 2.80. The molecule has 16 heavy (non-hydrogen) atoms. The molecule has 0 aromatic heterocycles. The van der Waals surface area contributed by atoms with Crippen LogP contribution >= 0.6 is 15.9 Å². The van der Waals surface area contributed by atoms with Gasteiger partial charge in [0.05, 0.1) is 17.6 Å². The third kappa shape index (κ3) is 2.57. The molecule has 0 saturated carbocycles. The van der Waals surface area contributed by atoms with Gasteiger partial charge in [0.25, 0.3) is 0 Å². The topological polar surface area (TPSA) is 86.5 Å². The Kier molecular flexibility index (Phi) is 3.66. The van der Waals surface area contributed by atoms with E-state index in [4.69, 9.17) is 5.14 Å². The normalized spacial score (nSPS) is 11.2. The highest BCUT2D eigenvalue weighted by Crippen LogP contribution is 2.24. The van der Waals surface area contributed by atoms with Gasteiger partial charge in [-0.3, -0.25) is 0 Å². The molecule has 0 spiro atoms. The van der Waals surface area contributed by atoms with Crippen molar-refractivity contribution in [2.24, 2.45) is 5.14 Å². The van der Waals surface area contributed by atoms with Crippen LogP contribution < -0.4 is 5.14 Å². The van der Waals surface area contributed by atoms with Crippen LogP contribution in [0.5, 0.6) is 0 Å². The summed E-state index contributed by atoms with van der Waals surface area (Å²) in [4.78, 5) is 10.7. The van der Waals surface area contributed by atoms with E-state index >= 15 is 0 Å². The van der Waals surface area contributed by atoms with Gasteiger partial charge >= 0.3 is 5.97 Å². The molecule has 5 nitrogen and oxygen atoms in total. The first kappa shape index (κ1) is 13.1. The Balaban J connectivity index is 3.51. The average Bonchev–Trinajstić information content (AvgIpc) is 2.14. The minimum atomic E-state index is -4.04. The number of hydrogen-bond acceptors (Lipinski definition) is 4. The zero-order chi connectivity index (χ0) is 12.5. The van der Waals surface area contributed by atoms with Gasteiger partial charge in [-0.1, -0.05) is 0 Å². The van der Waals surface area contributed by atoms with Gasteiger partial charge in [-0.05, 0) is 28.1 Å². The van der Waals surface area contributed by atoms with Crippen LogP contribution in [0, 0.1) is 5.82 Å². The van der Waals surface area contributed by atoms with Gasteiger partial charge in [0, 0.05) is 4.47 Å². The number of benzene rings is 1. The lowest BCUT2D eigenvalue weighted by Gasteiger charge is -2.06. The molecule has 0 atom stereocenters. The zero-order valence-corrected chi connectivity index (χ0v) is 10.4. The molecule has 0 saturated heterocycles. The Labute approximate surface area is 99.6 Å². The van der Waals surface area contributed by atoms with Crippen LogP contribution in [-0.4, -0.2) is 21.5 Å². The molecule has 0 bridgehead atoms. The summed E-state index contributed by atoms with van der Waals surface area (Å²) in [5.74, 6) is -1.87. The maximum atomic E-state index is 13.3. The van der Waals surface area contributed by atoms with Crippen molar-refractivity contribution in [1.82, 2.24) is 0 Å². The second-order valence-corrected chi connectivity index (χ2v) is 5.18. The molecule has 0 aliphatic rings. The van der Waals surface area contributed by atoms with E-state index in [-0.39, 0.29) is 9.37 Å². The molecule has 1 aromatic rings. The van der Waals surface area contributed by atoms with Crippen LogP contribution in [0.25, 0.3) is 0 Å². The van der Waals surface area contributed by atoms with E-state index in [1.807, 2.05) is 0 Å². The summed E-state index contributed by atoms with van der Waals surface area (Å²) < 4.78 is 39.7. The van der Waals surface area contributed by atoms with Crippen molar-refractivity contribution in [2.45, 2.75) is 4.90 Å². The predicted octanol–water partition coefficient (Wildman–Crippen LogP) is 1.02. The van der Waals surface area contributed by atoms with Crippen molar-refractivity contribution >= 4 is 31.9 Å². The van der Waals surface area contributed by atoms with Gasteiger partial charge < -0.3 is 4.74 Å². The number of carbonyl (C=O) groups is 1. The van der Waals surface area contributed by atoms with E-state index in [1.54, 1.807) is 0 Å². The maximum Gasteiger partial charge on any atom is 0.340 e. The molecule has 0 fully saturated rings. The zero-order valence-electron chi connectivity index (χ0n) is 8.03. The second kappa shape index (κ2) is 4.48. The molecular formula is C8H7BrFNO4S. The molecule has 0 unspecified atom stereocenters. The molecule has 0 aliphatic heterocycles. The predicted molar refractivity (Wildman–Crippen MR) is 56.8 cm³/mol. The third-order valence-corrected chi connectivity index (χ3v) is 3.60. The molecule has 0 heterocycles. The van der Waals surface area contributed by atoms with Crippen LogP contribution in [0.1, 0.15) is 10.4 Å². The fourth-order valence-electron chi connectivity index (χ4n) is 1.01. The first-order valence-corrected chi connectivity index (χ1v) is 6.21. The first-order valence-electron chi connectivity index (χ1n) is 3.87. The lowest BCUT2D eigenvalue weighted by molar-refractivity contribution is 0.0595. The molecule has 1 rings (SSSR count). The summed E-state index contributed by atoms with van der Waals surface area (Å²) in [7, 11) is -2.98.